The maximum absolute atomic E-state index is 4.87. The van der Waals surface area contributed by atoms with Gasteiger partial charge in [-0.25, -0.2) is 4.98 Å². The molecule has 3 rings (SSSR count). The molecular weight excluding hydrogens is 412 g/mol. The summed E-state index contributed by atoms with van der Waals surface area (Å²) in [5, 5.41) is 8.95. The molecule has 0 bridgehead atoms. The van der Waals surface area contributed by atoms with Gasteiger partial charge in [-0.05, 0) is 55.9 Å². The Morgan fingerprint density at radius 3 is 2.71 bits per heavy atom. The Morgan fingerprint density at radius 2 is 2.00 bits per heavy atom. The van der Waals surface area contributed by atoms with Gasteiger partial charge in [0.2, 0.25) is 0 Å². The summed E-state index contributed by atoms with van der Waals surface area (Å²) in [6.07, 6.45) is 0. The number of halogens is 2. The maximum atomic E-state index is 4.87. The third-order valence-electron chi connectivity index (χ3n) is 3.34. The van der Waals surface area contributed by atoms with Crippen molar-refractivity contribution in [1.29, 1.82) is 0 Å². The SMILES string of the molecule is CCNC(c1cscc1Br)c1nc2ccccc2cc1Br. The summed E-state index contributed by atoms with van der Waals surface area (Å²) >= 11 is 9.01. The maximum Gasteiger partial charge on any atom is 0.0782 e. The van der Waals surface area contributed by atoms with E-state index in [1.165, 1.54) is 5.56 Å². The van der Waals surface area contributed by atoms with Crippen LogP contribution in [0.2, 0.25) is 0 Å². The molecule has 1 unspecified atom stereocenters. The van der Waals surface area contributed by atoms with Gasteiger partial charge in [-0.1, -0.05) is 25.1 Å². The molecule has 5 heteroatoms. The number of nitrogens with one attached hydrogen (secondary N) is 1. The van der Waals surface area contributed by atoms with Gasteiger partial charge in [-0.3, -0.25) is 0 Å². The highest BCUT2D eigenvalue weighted by atomic mass is 79.9. The number of nitrogens with zero attached hydrogens (tertiary/aromatic N) is 1. The van der Waals surface area contributed by atoms with E-state index in [0.29, 0.717) is 0 Å². The first kappa shape index (κ1) is 15.2. The van der Waals surface area contributed by atoms with Crippen LogP contribution in [0, 0.1) is 0 Å². The van der Waals surface area contributed by atoms with Crippen LogP contribution < -0.4 is 5.32 Å². The molecule has 1 N–H and O–H groups in total. The zero-order chi connectivity index (χ0) is 14.8. The molecule has 108 valence electrons. The van der Waals surface area contributed by atoms with Crippen molar-refractivity contribution in [2.45, 2.75) is 13.0 Å². The minimum absolute atomic E-state index is 0.0783. The molecule has 1 atom stereocenters. The van der Waals surface area contributed by atoms with Crippen LogP contribution >= 0.6 is 43.2 Å². The van der Waals surface area contributed by atoms with Crippen LogP contribution in [0.4, 0.5) is 0 Å². The first-order valence-corrected chi connectivity index (χ1v) is 9.23. The van der Waals surface area contributed by atoms with Gasteiger partial charge in [-0.2, -0.15) is 11.3 Å². The van der Waals surface area contributed by atoms with Crippen LogP contribution in [-0.2, 0) is 0 Å². The van der Waals surface area contributed by atoms with E-state index in [4.69, 9.17) is 4.98 Å². The van der Waals surface area contributed by atoms with Gasteiger partial charge >= 0.3 is 0 Å². The van der Waals surface area contributed by atoms with Crippen LogP contribution in [0.25, 0.3) is 10.9 Å². The summed E-state index contributed by atoms with van der Waals surface area (Å²) < 4.78 is 2.16. The van der Waals surface area contributed by atoms with E-state index in [2.05, 4.69) is 73.1 Å². The molecule has 0 aliphatic heterocycles. The number of benzene rings is 1. The molecule has 0 fully saturated rings. The number of pyridine rings is 1. The minimum Gasteiger partial charge on any atom is -0.305 e. The van der Waals surface area contributed by atoms with Crippen LogP contribution in [0.5, 0.6) is 0 Å². The lowest BCUT2D eigenvalue weighted by Crippen LogP contribution is -2.23. The summed E-state index contributed by atoms with van der Waals surface area (Å²) in [5.74, 6) is 0. The quantitative estimate of drug-likeness (QED) is 0.595. The second-order valence-corrected chi connectivity index (χ2v) is 7.17. The molecule has 2 aromatic heterocycles. The molecule has 0 aliphatic carbocycles. The number of fused-ring (bicyclic) bond motifs is 1. The van der Waals surface area contributed by atoms with Gasteiger partial charge in [0.05, 0.1) is 17.3 Å². The van der Waals surface area contributed by atoms with E-state index in [-0.39, 0.29) is 6.04 Å². The van der Waals surface area contributed by atoms with Crippen molar-refractivity contribution in [1.82, 2.24) is 10.3 Å². The lowest BCUT2D eigenvalue weighted by molar-refractivity contribution is 0.615. The fraction of sp³-hybridized carbons (Fsp3) is 0.188. The summed E-state index contributed by atoms with van der Waals surface area (Å²) in [7, 11) is 0. The summed E-state index contributed by atoms with van der Waals surface area (Å²) in [5.41, 5.74) is 3.27. The minimum atomic E-state index is 0.0783. The van der Waals surface area contributed by atoms with E-state index >= 15 is 0 Å². The topological polar surface area (TPSA) is 24.9 Å². The third kappa shape index (κ3) is 3.06. The Hall–Kier alpha value is -0.750. The van der Waals surface area contributed by atoms with Gasteiger partial charge in [0.15, 0.2) is 0 Å². The van der Waals surface area contributed by atoms with E-state index in [9.17, 15) is 0 Å². The number of hydrogen-bond donors (Lipinski definition) is 1. The van der Waals surface area contributed by atoms with E-state index < -0.39 is 0 Å². The molecule has 1 aromatic carbocycles. The fourth-order valence-corrected chi connectivity index (χ4v) is 4.48. The van der Waals surface area contributed by atoms with Gasteiger partial charge in [0.25, 0.3) is 0 Å². The Labute approximate surface area is 144 Å². The molecule has 0 saturated heterocycles. The molecule has 0 aliphatic rings. The van der Waals surface area contributed by atoms with Crippen molar-refractivity contribution in [2.75, 3.05) is 6.54 Å². The van der Waals surface area contributed by atoms with Crippen molar-refractivity contribution in [3.63, 3.8) is 0 Å². The molecule has 2 nitrogen and oxygen atoms in total. The highest BCUT2D eigenvalue weighted by Gasteiger charge is 2.21. The first-order chi connectivity index (χ1) is 10.2. The largest absolute Gasteiger partial charge is 0.305 e. The van der Waals surface area contributed by atoms with Crippen LogP contribution in [0.1, 0.15) is 24.2 Å². The summed E-state index contributed by atoms with van der Waals surface area (Å²) in [6.45, 7) is 3.00. The number of thiophene rings is 1. The fourth-order valence-electron chi connectivity index (χ4n) is 2.36. The predicted octanol–water partition coefficient (Wildman–Crippen LogP) is 5.52. The monoisotopic (exact) mass is 424 g/mol. The molecule has 0 amide bonds. The van der Waals surface area contributed by atoms with Crippen molar-refractivity contribution in [3.8, 4) is 0 Å². The Kier molecular flexibility index (Phi) is 4.74. The molecule has 0 spiro atoms. The average molecular weight is 426 g/mol. The Balaban J connectivity index is 2.15. The highest BCUT2D eigenvalue weighted by molar-refractivity contribution is 9.10. The molecule has 3 aromatic rings. The van der Waals surface area contributed by atoms with Gasteiger partial charge < -0.3 is 5.32 Å². The Bertz CT molecular complexity index is 770. The molecule has 0 radical (unpaired) electrons. The van der Waals surface area contributed by atoms with Crippen LogP contribution in [0.3, 0.4) is 0 Å². The number of hydrogen-bond acceptors (Lipinski definition) is 3. The van der Waals surface area contributed by atoms with Crippen LogP contribution in [0.15, 0.2) is 50.0 Å². The zero-order valence-corrected chi connectivity index (χ0v) is 15.4. The van der Waals surface area contributed by atoms with Gasteiger partial charge in [0, 0.05) is 25.3 Å². The number of para-hydroxylation sites is 1. The molecular formula is C16H14Br2N2S. The Morgan fingerprint density at radius 1 is 1.19 bits per heavy atom. The van der Waals surface area contributed by atoms with Crippen molar-refractivity contribution in [3.05, 3.63) is 61.3 Å². The smallest absolute Gasteiger partial charge is 0.0782 e. The number of rotatable bonds is 4. The van der Waals surface area contributed by atoms with E-state index in [0.717, 1.165) is 32.1 Å². The van der Waals surface area contributed by atoms with Crippen molar-refractivity contribution < 1.29 is 0 Å². The lowest BCUT2D eigenvalue weighted by Gasteiger charge is -2.19. The first-order valence-electron chi connectivity index (χ1n) is 6.71. The van der Waals surface area contributed by atoms with Gasteiger partial charge in [-0.15, -0.1) is 0 Å². The normalized spacial score (nSPS) is 12.7. The third-order valence-corrected chi connectivity index (χ3v) is 5.73. The standard InChI is InChI=1S/C16H14Br2N2S/c1-2-19-15(11-8-21-9-13(11)18)16-12(17)7-10-5-3-4-6-14(10)20-16/h3-9,15,19H,2H2,1H3. The second kappa shape index (κ2) is 6.57. The van der Waals surface area contributed by atoms with Crippen molar-refractivity contribution >= 4 is 54.1 Å². The second-order valence-electron chi connectivity index (χ2n) is 4.71. The molecule has 2 heterocycles. The number of aromatic nitrogens is 1. The van der Waals surface area contributed by atoms with Crippen LogP contribution in [-0.4, -0.2) is 11.5 Å². The molecule has 21 heavy (non-hydrogen) atoms. The zero-order valence-electron chi connectivity index (χ0n) is 11.4. The summed E-state index contributed by atoms with van der Waals surface area (Å²) in [6, 6.07) is 10.4. The van der Waals surface area contributed by atoms with E-state index in [1.807, 2.05) is 12.1 Å². The van der Waals surface area contributed by atoms with Crippen molar-refractivity contribution in [2.24, 2.45) is 0 Å². The predicted molar refractivity (Wildman–Crippen MR) is 97.0 cm³/mol. The molecule has 0 saturated carbocycles. The lowest BCUT2D eigenvalue weighted by atomic mass is 10.1. The van der Waals surface area contributed by atoms with E-state index in [1.54, 1.807) is 11.3 Å². The van der Waals surface area contributed by atoms with Gasteiger partial charge in [0.1, 0.15) is 0 Å². The average Bonchev–Trinajstić information content (AvgIpc) is 2.90. The highest BCUT2D eigenvalue weighted by Crippen LogP contribution is 2.35. The summed E-state index contributed by atoms with van der Waals surface area (Å²) in [4.78, 5) is 4.87.